The number of aromatic nitrogens is 3. The fraction of sp³-hybridized carbons (Fsp3) is 0.550. The first-order valence-corrected chi connectivity index (χ1v) is 9.83. The summed E-state index contributed by atoms with van der Waals surface area (Å²) in [4.78, 5) is 9.16. The van der Waals surface area contributed by atoms with E-state index in [0.717, 1.165) is 49.3 Å². The Hall–Kier alpha value is -1.88. The molecule has 0 aliphatic carbocycles. The summed E-state index contributed by atoms with van der Waals surface area (Å²) < 4.78 is 12.9. The molecule has 0 spiro atoms. The molecule has 0 fully saturated rings. The molecule has 1 atom stereocenters. The van der Waals surface area contributed by atoms with Crippen LogP contribution in [0.4, 0.5) is 0 Å². The summed E-state index contributed by atoms with van der Waals surface area (Å²) in [6.45, 7) is 7.28. The van der Waals surface area contributed by atoms with Gasteiger partial charge in [-0.25, -0.2) is 14.7 Å². The Labute approximate surface area is 189 Å². The topological polar surface area (TPSA) is 85.6 Å². The van der Waals surface area contributed by atoms with E-state index in [1.807, 2.05) is 28.9 Å². The Morgan fingerprint density at radius 1 is 1.31 bits per heavy atom. The maximum atomic E-state index is 5.75. The van der Waals surface area contributed by atoms with Crippen molar-refractivity contribution < 1.29 is 9.47 Å². The lowest BCUT2D eigenvalue weighted by atomic mass is 10.1. The molecule has 0 saturated heterocycles. The molecule has 1 aliphatic heterocycles. The molecule has 0 saturated carbocycles. The van der Waals surface area contributed by atoms with Gasteiger partial charge in [-0.15, -0.1) is 24.0 Å². The summed E-state index contributed by atoms with van der Waals surface area (Å²) in [5, 5.41) is 11.3. The second-order valence-electron chi connectivity index (χ2n) is 6.86. The number of aryl methyl sites for hydroxylation is 2. The van der Waals surface area contributed by atoms with Crippen LogP contribution in [0.5, 0.6) is 5.75 Å². The van der Waals surface area contributed by atoms with E-state index >= 15 is 0 Å². The van der Waals surface area contributed by atoms with Crippen LogP contribution in [0.2, 0.25) is 0 Å². The number of hydrogen-bond donors (Lipinski definition) is 2. The van der Waals surface area contributed by atoms with Crippen molar-refractivity contribution in [2.45, 2.75) is 45.9 Å². The van der Waals surface area contributed by atoms with E-state index < -0.39 is 0 Å². The highest BCUT2D eigenvalue weighted by atomic mass is 127. The normalized spacial score (nSPS) is 16.0. The number of guanidine groups is 1. The van der Waals surface area contributed by atoms with Gasteiger partial charge in [0.1, 0.15) is 24.8 Å². The Morgan fingerprint density at radius 3 is 2.83 bits per heavy atom. The molecule has 3 rings (SSSR count). The third-order valence-electron chi connectivity index (χ3n) is 4.51. The predicted octanol–water partition coefficient (Wildman–Crippen LogP) is 2.30. The van der Waals surface area contributed by atoms with Crippen LogP contribution in [0.15, 0.2) is 29.3 Å². The van der Waals surface area contributed by atoms with Gasteiger partial charge in [-0.2, -0.15) is 5.10 Å². The second-order valence-corrected chi connectivity index (χ2v) is 6.86. The zero-order valence-electron chi connectivity index (χ0n) is 17.4. The lowest BCUT2D eigenvalue weighted by Crippen LogP contribution is -2.47. The zero-order chi connectivity index (χ0) is 19.8. The molecule has 0 radical (unpaired) electrons. The fourth-order valence-electron chi connectivity index (χ4n) is 3.14. The van der Waals surface area contributed by atoms with Crippen molar-refractivity contribution in [3.8, 4) is 5.75 Å². The number of nitrogens with zero attached hydrogens (tertiary/aromatic N) is 4. The molecule has 0 amide bonds. The molecule has 160 valence electrons. The van der Waals surface area contributed by atoms with E-state index in [-0.39, 0.29) is 30.0 Å². The lowest BCUT2D eigenvalue weighted by Gasteiger charge is -2.25. The Kier molecular flexibility index (Phi) is 9.65. The van der Waals surface area contributed by atoms with Gasteiger partial charge in [0.2, 0.25) is 0 Å². The van der Waals surface area contributed by atoms with E-state index in [2.05, 4.69) is 39.6 Å². The molecular weight excluding hydrogens is 483 g/mol. The summed E-state index contributed by atoms with van der Waals surface area (Å²) in [5.41, 5.74) is 1.22. The molecule has 2 heterocycles. The van der Waals surface area contributed by atoms with Crippen LogP contribution in [0.1, 0.15) is 30.6 Å². The Balaban J connectivity index is 0.00000300. The third kappa shape index (κ3) is 7.14. The summed E-state index contributed by atoms with van der Waals surface area (Å²) in [7, 11) is 1.66. The summed E-state index contributed by atoms with van der Waals surface area (Å²) in [6, 6.07) is 8.32. The molecule has 1 unspecified atom stereocenters. The number of methoxy groups -OCH3 is 1. The van der Waals surface area contributed by atoms with Gasteiger partial charge in [0.25, 0.3) is 0 Å². The van der Waals surface area contributed by atoms with Crippen molar-refractivity contribution in [1.82, 2.24) is 25.4 Å². The van der Waals surface area contributed by atoms with Crippen molar-refractivity contribution in [2.24, 2.45) is 4.99 Å². The minimum Gasteiger partial charge on any atom is -0.492 e. The van der Waals surface area contributed by atoms with Crippen LogP contribution in [0.3, 0.4) is 0 Å². The maximum absolute atomic E-state index is 5.75. The molecule has 9 heteroatoms. The molecule has 2 aromatic rings. The van der Waals surface area contributed by atoms with Crippen LogP contribution in [0.25, 0.3) is 0 Å². The van der Waals surface area contributed by atoms with Gasteiger partial charge >= 0.3 is 0 Å². The van der Waals surface area contributed by atoms with Gasteiger partial charge < -0.3 is 20.1 Å². The van der Waals surface area contributed by atoms with Gasteiger partial charge in [-0.1, -0.05) is 17.7 Å². The van der Waals surface area contributed by atoms with Crippen molar-refractivity contribution in [2.75, 3.05) is 26.8 Å². The van der Waals surface area contributed by atoms with Crippen molar-refractivity contribution in [3.05, 3.63) is 41.5 Å². The van der Waals surface area contributed by atoms with Gasteiger partial charge in [0.05, 0.1) is 13.1 Å². The van der Waals surface area contributed by atoms with E-state index in [1.54, 1.807) is 7.11 Å². The fourth-order valence-corrected chi connectivity index (χ4v) is 3.14. The van der Waals surface area contributed by atoms with Gasteiger partial charge in [-0.3, -0.25) is 0 Å². The van der Waals surface area contributed by atoms with Crippen LogP contribution >= 0.6 is 24.0 Å². The molecule has 2 N–H and O–H groups in total. The molecule has 1 aromatic heterocycles. The maximum Gasteiger partial charge on any atom is 0.191 e. The number of ether oxygens (including phenoxy) is 2. The molecular formula is C20H31IN6O2. The number of nitrogens with one attached hydrogen (secondary N) is 2. The zero-order valence-corrected chi connectivity index (χ0v) is 19.7. The number of fused-ring (bicyclic) bond motifs is 1. The average molecular weight is 514 g/mol. The Morgan fingerprint density at radius 2 is 2.10 bits per heavy atom. The van der Waals surface area contributed by atoms with Gasteiger partial charge in [0.15, 0.2) is 11.8 Å². The SMILES string of the molecule is CCNC(=NCCOc1ccc(C)cc1)NC1CCc2nc(COC)nn2C1.I. The number of rotatable bonds is 8. The molecule has 1 aliphatic rings. The standard InChI is InChI=1S/C20H30N6O2.HI/c1-4-21-20(22-11-12-28-17-8-5-15(2)6-9-17)23-16-7-10-19-24-18(14-27-3)25-26(19)13-16;/h5-6,8-9,16H,4,7,10-14H2,1-3H3,(H2,21,22,23);1H. The monoisotopic (exact) mass is 514 g/mol. The van der Waals surface area contributed by atoms with Crippen LogP contribution in [-0.2, 0) is 24.3 Å². The summed E-state index contributed by atoms with van der Waals surface area (Å²) >= 11 is 0. The van der Waals surface area contributed by atoms with Gasteiger partial charge in [-0.05, 0) is 32.4 Å². The predicted molar refractivity (Wildman–Crippen MR) is 124 cm³/mol. The second kappa shape index (κ2) is 12.0. The van der Waals surface area contributed by atoms with Crippen molar-refractivity contribution in [3.63, 3.8) is 0 Å². The molecule has 1 aromatic carbocycles. The third-order valence-corrected chi connectivity index (χ3v) is 4.51. The number of aliphatic imine (C=N–C) groups is 1. The average Bonchev–Trinajstić information content (AvgIpc) is 3.08. The smallest absolute Gasteiger partial charge is 0.191 e. The minimum absolute atomic E-state index is 0. The summed E-state index contributed by atoms with van der Waals surface area (Å²) in [5.74, 6) is 3.45. The quantitative estimate of drug-likeness (QED) is 0.244. The van der Waals surface area contributed by atoms with E-state index in [1.165, 1.54) is 5.56 Å². The van der Waals surface area contributed by atoms with E-state index in [4.69, 9.17) is 9.47 Å². The van der Waals surface area contributed by atoms with E-state index in [9.17, 15) is 0 Å². The van der Waals surface area contributed by atoms with E-state index in [0.29, 0.717) is 19.8 Å². The highest BCUT2D eigenvalue weighted by molar-refractivity contribution is 14.0. The highest BCUT2D eigenvalue weighted by Crippen LogP contribution is 2.14. The number of benzene rings is 1. The molecule has 0 bridgehead atoms. The number of hydrogen-bond acceptors (Lipinski definition) is 5. The van der Waals surface area contributed by atoms with Gasteiger partial charge in [0, 0.05) is 26.1 Å². The first-order valence-electron chi connectivity index (χ1n) is 9.83. The summed E-state index contributed by atoms with van der Waals surface area (Å²) in [6.07, 6.45) is 1.89. The lowest BCUT2D eigenvalue weighted by molar-refractivity contribution is 0.177. The molecule has 29 heavy (non-hydrogen) atoms. The van der Waals surface area contributed by atoms with Crippen molar-refractivity contribution in [1.29, 1.82) is 0 Å². The minimum atomic E-state index is 0. The molecule has 8 nitrogen and oxygen atoms in total. The van der Waals surface area contributed by atoms with Crippen LogP contribution < -0.4 is 15.4 Å². The van der Waals surface area contributed by atoms with Crippen molar-refractivity contribution >= 4 is 29.9 Å². The van der Waals surface area contributed by atoms with Crippen LogP contribution in [-0.4, -0.2) is 53.6 Å². The number of halogens is 1. The van der Waals surface area contributed by atoms with Crippen LogP contribution in [0, 0.1) is 6.92 Å². The Bertz CT molecular complexity index is 778. The first-order chi connectivity index (χ1) is 13.7. The highest BCUT2D eigenvalue weighted by Gasteiger charge is 2.22. The first kappa shape index (κ1) is 23.4. The largest absolute Gasteiger partial charge is 0.492 e.